The average Bonchev–Trinajstić information content (AvgIpc) is 3.27. The van der Waals surface area contributed by atoms with Crippen molar-refractivity contribution >= 4 is 38.0 Å². The van der Waals surface area contributed by atoms with Gasteiger partial charge in [0, 0.05) is 16.3 Å². The van der Waals surface area contributed by atoms with Crippen molar-refractivity contribution in [2.24, 2.45) is 0 Å². The third-order valence-electron chi connectivity index (χ3n) is 4.96. The number of nitrogens with zero attached hydrogens (tertiary/aromatic N) is 2. The molecule has 0 aliphatic carbocycles. The van der Waals surface area contributed by atoms with Crippen molar-refractivity contribution in [1.82, 2.24) is 0 Å². The van der Waals surface area contributed by atoms with Gasteiger partial charge < -0.3 is 9.15 Å². The number of hydrogen-bond donors (Lipinski definition) is 0. The number of fused-ring (bicyclic) bond motifs is 2. The number of nitriles is 1. The summed E-state index contributed by atoms with van der Waals surface area (Å²) >= 11 is 1.34. The van der Waals surface area contributed by atoms with Gasteiger partial charge in [-0.1, -0.05) is 0 Å². The van der Waals surface area contributed by atoms with E-state index in [1.54, 1.807) is 18.2 Å². The summed E-state index contributed by atoms with van der Waals surface area (Å²) in [5.41, 5.74) is 1.07. The quantitative estimate of drug-likeness (QED) is 0.438. The van der Waals surface area contributed by atoms with E-state index < -0.39 is 15.6 Å². The third kappa shape index (κ3) is 3.36. The Kier molecular flexibility index (Phi) is 4.54. The zero-order valence-electron chi connectivity index (χ0n) is 15.9. The lowest BCUT2D eigenvalue weighted by Gasteiger charge is -2.31. The van der Waals surface area contributed by atoms with Gasteiger partial charge >= 0.3 is 5.63 Å². The van der Waals surface area contributed by atoms with Crippen LogP contribution in [0.4, 0.5) is 5.69 Å². The molecule has 9 heteroatoms. The van der Waals surface area contributed by atoms with Gasteiger partial charge in [-0.05, 0) is 60.2 Å². The number of thiophene rings is 1. The van der Waals surface area contributed by atoms with Crippen LogP contribution in [0.3, 0.4) is 0 Å². The van der Waals surface area contributed by atoms with Crippen LogP contribution >= 0.6 is 11.3 Å². The topological polar surface area (TPSA) is 101 Å². The maximum atomic E-state index is 13.5. The number of sulfonamides is 1. The number of anilines is 1. The first-order valence-corrected chi connectivity index (χ1v) is 11.6. The van der Waals surface area contributed by atoms with Crippen LogP contribution in [0.25, 0.3) is 21.4 Å². The minimum absolute atomic E-state index is 0.0926. The summed E-state index contributed by atoms with van der Waals surface area (Å²) in [6.07, 6.45) is 0. The van der Waals surface area contributed by atoms with Crippen LogP contribution in [0.15, 0.2) is 74.8 Å². The summed E-state index contributed by atoms with van der Waals surface area (Å²) in [6.45, 7) is 0.389. The van der Waals surface area contributed by atoms with Crippen molar-refractivity contribution in [2.75, 3.05) is 17.5 Å². The Balaban J connectivity index is 1.60. The van der Waals surface area contributed by atoms with Crippen LogP contribution in [-0.2, 0) is 10.0 Å². The lowest BCUT2D eigenvalue weighted by molar-refractivity contribution is 0.316. The van der Waals surface area contributed by atoms with Crippen LogP contribution in [0.1, 0.15) is 4.88 Å². The lowest BCUT2D eigenvalue weighted by atomic mass is 10.1. The van der Waals surface area contributed by atoms with Gasteiger partial charge in [0.2, 0.25) is 0 Å². The molecule has 0 radical (unpaired) electrons. The molecule has 0 saturated heterocycles. The smallest absolute Gasteiger partial charge is 0.336 e. The van der Waals surface area contributed by atoms with Crippen LogP contribution < -0.4 is 14.7 Å². The highest BCUT2D eigenvalue weighted by Gasteiger charge is 2.31. The van der Waals surface area contributed by atoms with Crippen LogP contribution in [-0.4, -0.2) is 21.6 Å². The van der Waals surface area contributed by atoms with Crippen LogP contribution in [0, 0.1) is 11.3 Å². The van der Waals surface area contributed by atoms with Gasteiger partial charge in [0.15, 0.2) is 0 Å². The zero-order valence-corrected chi connectivity index (χ0v) is 17.6. The monoisotopic (exact) mass is 450 g/mol. The highest BCUT2D eigenvalue weighted by molar-refractivity contribution is 7.92. The summed E-state index contributed by atoms with van der Waals surface area (Å²) in [5.74, 6) is 0.474. The van der Waals surface area contributed by atoms with E-state index in [9.17, 15) is 13.2 Å². The van der Waals surface area contributed by atoms with E-state index in [0.717, 1.165) is 10.4 Å². The van der Waals surface area contributed by atoms with Gasteiger partial charge in [0.25, 0.3) is 10.0 Å². The van der Waals surface area contributed by atoms with Gasteiger partial charge in [-0.15, -0.1) is 11.3 Å². The summed E-state index contributed by atoms with van der Waals surface area (Å²) in [6, 6.07) is 18.2. The minimum Gasteiger partial charge on any atom is -0.489 e. The molecule has 31 heavy (non-hydrogen) atoms. The number of ether oxygens (including phenoxy) is 1. The van der Waals surface area contributed by atoms with Crippen molar-refractivity contribution in [2.45, 2.75) is 4.90 Å². The van der Waals surface area contributed by atoms with E-state index in [1.165, 1.54) is 46.0 Å². The van der Waals surface area contributed by atoms with Crippen LogP contribution in [0.5, 0.6) is 5.75 Å². The predicted molar refractivity (Wildman–Crippen MR) is 117 cm³/mol. The van der Waals surface area contributed by atoms with E-state index in [1.807, 2.05) is 12.1 Å². The first-order valence-electron chi connectivity index (χ1n) is 9.29. The fraction of sp³-hybridized carbons (Fsp3) is 0.0909. The molecule has 5 rings (SSSR count). The molecular formula is C22H14N2O5S2. The Bertz CT molecular complexity index is 1530. The number of benzene rings is 2. The molecule has 1 aliphatic rings. The van der Waals surface area contributed by atoms with Crippen molar-refractivity contribution in [3.63, 3.8) is 0 Å². The van der Waals surface area contributed by atoms with E-state index in [0.29, 0.717) is 27.3 Å². The molecule has 154 valence electrons. The molecule has 1 aliphatic heterocycles. The van der Waals surface area contributed by atoms with Gasteiger partial charge in [0.05, 0.1) is 17.1 Å². The molecule has 0 saturated carbocycles. The molecule has 0 bridgehead atoms. The molecule has 0 fully saturated rings. The summed E-state index contributed by atoms with van der Waals surface area (Å²) < 4.78 is 39.1. The molecule has 0 unspecified atom stereocenters. The SMILES string of the molecule is N#Cc1ccc(-c2ccc3c(c2)N(S(=O)(=O)c2ccc4oc(=O)ccc4c2)CCO3)s1. The average molecular weight is 450 g/mol. The zero-order chi connectivity index (χ0) is 21.6. The molecule has 0 amide bonds. The molecule has 7 nitrogen and oxygen atoms in total. The summed E-state index contributed by atoms with van der Waals surface area (Å²) in [5, 5.41) is 9.60. The van der Waals surface area contributed by atoms with Gasteiger partial charge in [0.1, 0.15) is 28.9 Å². The van der Waals surface area contributed by atoms with Crippen molar-refractivity contribution in [3.8, 4) is 22.3 Å². The highest BCUT2D eigenvalue weighted by Crippen LogP contribution is 2.40. The van der Waals surface area contributed by atoms with Gasteiger partial charge in [-0.3, -0.25) is 4.31 Å². The molecule has 4 aromatic rings. The Morgan fingerprint density at radius 3 is 2.71 bits per heavy atom. The normalized spacial score (nSPS) is 13.5. The van der Waals surface area contributed by atoms with Crippen molar-refractivity contribution in [1.29, 1.82) is 5.26 Å². The third-order valence-corrected chi connectivity index (χ3v) is 7.81. The Labute approximate surface area is 181 Å². The maximum absolute atomic E-state index is 13.5. The predicted octanol–water partition coefficient (Wildman–Crippen LogP) is 3.98. The Morgan fingerprint density at radius 1 is 1.03 bits per heavy atom. The Morgan fingerprint density at radius 2 is 1.90 bits per heavy atom. The molecular weight excluding hydrogens is 436 g/mol. The first-order chi connectivity index (χ1) is 15.0. The van der Waals surface area contributed by atoms with Crippen molar-refractivity contribution in [3.05, 3.63) is 76.0 Å². The van der Waals surface area contributed by atoms with Gasteiger partial charge in [-0.25, -0.2) is 13.2 Å². The molecule has 2 aromatic heterocycles. The number of rotatable bonds is 3. The largest absolute Gasteiger partial charge is 0.489 e. The fourth-order valence-corrected chi connectivity index (χ4v) is 5.77. The van der Waals surface area contributed by atoms with E-state index in [-0.39, 0.29) is 18.0 Å². The molecule has 3 heterocycles. The van der Waals surface area contributed by atoms with Crippen LogP contribution in [0.2, 0.25) is 0 Å². The molecule has 0 spiro atoms. The lowest BCUT2D eigenvalue weighted by Crippen LogP contribution is -2.37. The molecule has 0 N–H and O–H groups in total. The molecule has 2 aromatic carbocycles. The highest BCUT2D eigenvalue weighted by atomic mass is 32.2. The van der Waals surface area contributed by atoms with Gasteiger partial charge in [-0.2, -0.15) is 5.26 Å². The molecule has 0 atom stereocenters. The maximum Gasteiger partial charge on any atom is 0.336 e. The van der Waals surface area contributed by atoms with E-state index in [2.05, 4.69) is 6.07 Å². The fourth-order valence-electron chi connectivity index (χ4n) is 3.49. The second-order valence-electron chi connectivity index (χ2n) is 6.84. The standard InChI is InChI=1S/C22H14N2O5S2/c23-13-16-3-7-21(30-16)15-1-5-20-18(12-15)24(9-10-28-20)31(26,27)17-4-6-19-14(11-17)2-8-22(25)29-19/h1-8,11-12H,9-10H2. The summed E-state index contributed by atoms with van der Waals surface area (Å²) in [7, 11) is -3.89. The second kappa shape index (κ2) is 7.27. The van der Waals surface area contributed by atoms with Crippen molar-refractivity contribution < 1.29 is 17.6 Å². The number of hydrogen-bond acceptors (Lipinski definition) is 7. The van der Waals surface area contributed by atoms with E-state index in [4.69, 9.17) is 14.4 Å². The second-order valence-corrected chi connectivity index (χ2v) is 9.78. The minimum atomic E-state index is -3.89. The first kappa shape index (κ1) is 19.4. The van der Waals surface area contributed by atoms with E-state index >= 15 is 0 Å². The Hall–Kier alpha value is -3.61. The summed E-state index contributed by atoms with van der Waals surface area (Å²) in [4.78, 5) is 12.9.